The Morgan fingerprint density at radius 1 is 1.63 bits per heavy atom. The van der Waals surface area contributed by atoms with E-state index in [1.807, 2.05) is 0 Å². The van der Waals surface area contributed by atoms with Crippen LogP contribution in [0.4, 0.5) is 5.82 Å². The molecule has 0 aromatic carbocycles. The summed E-state index contributed by atoms with van der Waals surface area (Å²) in [6.45, 7) is 1.89. The van der Waals surface area contributed by atoms with Gasteiger partial charge < -0.3 is 15.0 Å². The third-order valence-corrected chi connectivity index (χ3v) is 3.65. The van der Waals surface area contributed by atoms with Crippen molar-refractivity contribution >= 4 is 31.5 Å². The number of amides is 1. The molecule has 1 aromatic heterocycles. The van der Waals surface area contributed by atoms with Crippen LogP contribution in [0.3, 0.4) is 0 Å². The van der Waals surface area contributed by atoms with Crippen molar-refractivity contribution in [3.05, 3.63) is 16.3 Å². The standard InChI is InChI=1S/C8H11ClN4O5S/c1-3-11(2)7(14)5-12-4-6(19(9,17)18)8(10-12)13(15)16/h4H,3,5H2,1-2H3. The summed E-state index contributed by atoms with van der Waals surface area (Å²) in [6.07, 6.45) is 0.863. The van der Waals surface area contributed by atoms with Crippen molar-refractivity contribution in [1.29, 1.82) is 0 Å². The summed E-state index contributed by atoms with van der Waals surface area (Å²) in [7, 11) is 2.31. The highest BCUT2D eigenvalue weighted by atomic mass is 35.7. The minimum absolute atomic E-state index is 0.308. The molecule has 0 N–H and O–H groups in total. The molecular weight excluding hydrogens is 300 g/mol. The lowest BCUT2D eigenvalue weighted by Crippen LogP contribution is -2.30. The minimum atomic E-state index is -4.30. The first kappa shape index (κ1) is 15.4. The van der Waals surface area contributed by atoms with Crippen LogP contribution in [0.2, 0.25) is 0 Å². The molecule has 106 valence electrons. The first-order valence-corrected chi connectivity index (χ1v) is 7.38. The zero-order chi connectivity index (χ0) is 14.8. The molecular formula is C8H11ClN4O5S. The van der Waals surface area contributed by atoms with Gasteiger partial charge in [0.1, 0.15) is 6.54 Å². The Hall–Kier alpha value is -1.68. The molecule has 0 unspecified atom stereocenters. The largest absolute Gasteiger partial charge is 0.410 e. The Bertz CT molecular complexity index is 611. The molecule has 0 aliphatic heterocycles. The zero-order valence-corrected chi connectivity index (χ0v) is 11.7. The second-order valence-corrected chi connectivity index (χ2v) is 6.15. The van der Waals surface area contributed by atoms with Crippen molar-refractivity contribution in [1.82, 2.24) is 14.7 Å². The number of rotatable bonds is 5. The van der Waals surface area contributed by atoms with Crippen LogP contribution in [-0.4, -0.2) is 47.5 Å². The molecule has 1 rings (SSSR count). The van der Waals surface area contributed by atoms with Crippen LogP contribution in [0.1, 0.15) is 6.92 Å². The molecule has 11 heteroatoms. The second-order valence-electron chi connectivity index (χ2n) is 3.62. The average molecular weight is 311 g/mol. The van der Waals surface area contributed by atoms with Gasteiger partial charge in [-0.1, -0.05) is 0 Å². The van der Waals surface area contributed by atoms with E-state index >= 15 is 0 Å². The Kier molecular flexibility index (Phi) is 4.48. The van der Waals surface area contributed by atoms with Crippen molar-refractivity contribution in [2.24, 2.45) is 0 Å². The Labute approximate surface area is 113 Å². The molecule has 1 heterocycles. The molecule has 0 saturated heterocycles. The highest BCUT2D eigenvalue weighted by Gasteiger charge is 2.30. The summed E-state index contributed by atoms with van der Waals surface area (Å²) in [5.74, 6) is -1.26. The smallest absolute Gasteiger partial charge is 0.358 e. The molecule has 9 nitrogen and oxygen atoms in total. The fraction of sp³-hybridized carbons (Fsp3) is 0.500. The van der Waals surface area contributed by atoms with Gasteiger partial charge in [0.2, 0.25) is 10.8 Å². The van der Waals surface area contributed by atoms with Crippen LogP contribution < -0.4 is 0 Å². The van der Waals surface area contributed by atoms with Crippen molar-refractivity contribution in [2.45, 2.75) is 18.4 Å². The molecule has 0 spiro atoms. The third-order valence-electron chi connectivity index (χ3n) is 2.34. The molecule has 0 bridgehead atoms. The molecule has 0 radical (unpaired) electrons. The Morgan fingerprint density at radius 3 is 2.58 bits per heavy atom. The van der Waals surface area contributed by atoms with Crippen LogP contribution in [0.25, 0.3) is 0 Å². The van der Waals surface area contributed by atoms with E-state index in [1.54, 1.807) is 14.0 Å². The number of halogens is 1. The van der Waals surface area contributed by atoms with Gasteiger partial charge in [-0.05, 0) is 11.8 Å². The molecule has 0 fully saturated rings. The summed E-state index contributed by atoms with van der Waals surface area (Å²) < 4.78 is 23.2. The molecule has 0 aliphatic rings. The average Bonchev–Trinajstić information content (AvgIpc) is 2.71. The molecule has 1 aromatic rings. The van der Waals surface area contributed by atoms with Crippen LogP contribution in [0.5, 0.6) is 0 Å². The lowest BCUT2D eigenvalue weighted by Gasteiger charge is -2.12. The number of carbonyl (C=O) groups excluding carboxylic acids is 1. The lowest BCUT2D eigenvalue weighted by atomic mass is 10.5. The maximum absolute atomic E-state index is 11.6. The molecule has 0 saturated carbocycles. The SMILES string of the molecule is CCN(C)C(=O)Cn1cc(S(=O)(=O)Cl)c([N+](=O)[O-])n1. The number of aromatic nitrogens is 2. The molecule has 0 atom stereocenters. The predicted molar refractivity (Wildman–Crippen MR) is 65.2 cm³/mol. The van der Waals surface area contributed by atoms with E-state index in [-0.39, 0.29) is 12.5 Å². The second kappa shape index (κ2) is 5.53. The maximum atomic E-state index is 11.6. The number of likely N-dealkylation sites (N-methyl/N-ethyl adjacent to an activating group) is 1. The summed E-state index contributed by atoms with van der Waals surface area (Å²) in [5, 5.41) is 14.1. The first-order valence-electron chi connectivity index (χ1n) is 5.07. The monoisotopic (exact) mass is 310 g/mol. The van der Waals surface area contributed by atoms with Crippen molar-refractivity contribution < 1.29 is 18.1 Å². The topological polar surface area (TPSA) is 115 Å². The van der Waals surface area contributed by atoms with E-state index < -0.39 is 24.7 Å². The fourth-order valence-corrected chi connectivity index (χ4v) is 2.12. The normalized spacial score (nSPS) is 11.3. The van der Waals surface area contributed by atoms with Crippen molar-refractivity contribution in [3.8, 4) is 0 Å². The van der Waals surface area contributed by atoms with Gasteiger partial charge in [0, 0.05) is 24.3 Å². The van der Waals surface area contributed by atoms with E-state index in [4.69, 9.17) is 10.7 Å². The van der Waals surface area contributed by atoms with Gasteiger partial charge in [-0.15, -0.1) is 0 Å². The number of hydrogen-bond acceptors (Lipinski definition) is 6. The molecule has 1 amide bonds. The van der Waals surface area contributed by atoms with Crippen LogP contribution in [0.15, 0.2) is 11.1 Å². The van der Waals surface area contributed by atoms with Crippen molar-refractivity contribution in [2.75, 3.05) is 13.6 Å². The summed E-state index contributed by atoms with van der Waals surface area (Å²) in [4.78, 5) is 21.9. The third kappa shape index (κ3) is 3.64. The number of nitro groups is 1. The van der Waals surface area contributed by atoms with E-state index in [1.165, 1.54) is 4.90 Å². The highest BCUT2D eigenvalue weighted by molar-refractivity contribution is 8.13. The minimum Gasteiger partial charge on any atom is -0.358 e. The summed E-state index contributed by atoms with van der Waals surface area (Å²) in [6, 6.07) is 0. The van der Waals surface area contributed by atoms with Gasteiger partial charge in [-0.25, -0.2) is 8.42 Å². The van der Waals surface area contributed by atoms with Crippen LogP contribution in [0, 0.1) is 10.1 Å². The summed E-state index contributed by atoms with van der Waals surface area (Å²) >= 11 is 0. The lowest BCUT2D eigenvalue weighted by molar-refractivity contribution is -0.392. The van der Waals surface area contributed by atoms with Gasteiger partial charge in [0.05, 0.1) is 11.3 Å². The first-order chi connectivity index (χ1) is 8.66. The van der Waals surface area contributed by atoms with Gasteiger partial charge in [-0.2, -0.15) is 4.68 Å². The highest BCUT2D eigenvalue weighted by Crippen LogP contribution is 2.24. The van der Waals surface area contributed by atoms with Gasteiger partial charge in [0.25, 0.3) is 9.05 Å². The van der Waals surface area contributed by atoms with Crippen molar-refractivity contribution in [3.63, 3.8) is 0 Å². The van der Waals surface area contributed by atoms with Gasteiger partial charge in [0.15, 0.2) is 0 Å². The number of hydrogen-bond donors (Lipinski definition) is 0. The van der Waals surface area contributed by atoms with E-state index in [0.29, 0.717) is 6.54 Å². The Balaban J connectivity index is 3.13. The van der Waals surface area contributed by atoms with Gasteiger partial charge >= 0.3 is 5.82 Å². The maximum Gasteiger partial charge on any atom is 0.410 e. The van der Waals surface area contributed by atoms with Gasteiger partial charge in [-0.3, -0.25) is 4.79 Å². The molecule has 19 heavy (non-hydrogen) atoms. The number of nitrogens with zero attached hydrogens (tertiary/aromatic N) is 4. The number of carbonyl (C=O) groups is 1. The quantitative estimate of drug-likeness (QED) is 0.436. The molecule has 0 aliphatic carbocycles. The van der Waals surface area contributed by atoms with E-state index in [2.05, 4.69) is 5.10 Å². The Morgan fingerprint density at radius 2 is 2.21 bits per heavy atom. The zero-order valence-electron chi connectivity index (χ0n) is 10.1. The summed E-state index contributed by atoms with van der Waals surface area (Å²) in [5.41, 5.74) is 0. The van der Waals surface area contributed by atoms with Crippen LogP contribution in [-0.2, 0) is 20.4 Å². The van der Waals surface area contributed by atoms with E-state index in [0.717, 1.165) is 10.9 Å². The van der Waals surface area contributed by atoms with Crippen LogP contribution >= 0.6 is 10.7 Å². The fourth-order valence-electron chi connectivity index (χ4n) is 1.21. The van der Waals surface area contributed by atoms with E-state index in [9.17, 15) is 23.3 Å². The predicted octanol–water partition coefficient (Wildman–Crippen LogP) is 0.197.